The monoisotopic (exact) mass is 379 g/mol. The predicted molar refractivity (Wildman–Crippen MR) is 90.9 cm³/mol. The molecule has 3 N–H and O–H groups in total. The number of benzene rings is 1. The zero-order valence-corrected chi connectivity index (χ0v) is 14.5. The fourth-order valence-corrected chi connectivity index (χ4v) is 3.37. The average Bonchev–Trinajstić information content (AvgIpc) is 2.60. The van der Waals surface area contributed by atoms with E-state index in [0.29, 0.717) is 5.56 Å². The molecule has 1 aliphatic heterocycles. The highest BCUT2D eigenvalue weighted by atomic mass is 16.6. The van der Waals surface area contributed by atoms with Crippen molar-refractivity contribution in [2.75, 3.05) is 0 Å². The molecule has 0 unspecified atom stereocenters. The molecule has 9 heteroatoms. The van der Waals surface area contributed by atoms with Gasteiger partial charge in [0.2, 0.25) is 0 Å². The number of carbonyl (C=O) groups is 4. The van der Waals surface area contributed by atoms with E-state index in [9.17, 15) is 24.3 Å². The summed E-state index contributed by atoms with van der Waals surface area (Å²) in [6.45, 7) is -0.105. The van der Waals surface area contributed by atoms with Crippen LogP contribution in [0.5, 0.6) is 0 Å². The van der Waals surface area contributed by atoms with Gasteiger partial charge in [-0.1, -0.05) is 30.3 Å². The van der Waals surface area contributed by atoms with E-state index in [1.165, 1.54) is 0 Å². The molecule has 0 aromatic heterocycles. The summed E-state index contributed by atoms with van der Waals surface area (Å²) in [5.41, 5.74) is 0.687. The van der Waals surface area contributed by atoms with Gasteiger partial charge in [0.1, 0.15) is 12.6 Å². The van der Waals surface area contributed by atoms with Gasteiger partial charge in [0.25, 0.3) is 0 Å². The summed E-state index contributed by atoms with van der Waals surface area (Å²) in [4.78, 5) is 47.5. The Balaban J connectivity index is 2.23. The first-order valence-electron chi connectivity index (χ1n) is 8.45. The van der Waals surface area contributed by atoms with Crippen LogP contribution >= 0.6 is 0 Å². The third kappa shape index (κ3) is 5.44. The Labute approximate surface area is 155 Å². The fraction of sp³-hybridized carbons (Fsp3) is 0.444. The molecule has 1 saturated heterocycles. The standard InChI is InChI=1S/C18H21NO8/c20-14(21)8-12-6-7-13(9-15(22)23)19(16(12)17(24)25)18(26)27-10-11-4-2-1-3-5-11/h1-5,12-13,16H,6-10H2,(H,20,21)(H,22,23)(H,24,25)/t12-,13+,16+/m1/s1. The third-order valence-corrected chi connectivity index (χ3v) is 4.53. The van der Waals surface area contributed by atoms with E-state index in [2.05, 4.69) is 0 Å². The number of aliphatic carboxylic acids is 3. The number of nitrogens with zero attached hydrogens (tertiary/aromatic N) is 1. The van der Waals surface area contributed by atoms with Crippen molar-refractivity contribution < 1.29 is 39.2 Å². The molecule has 1 aliphatic rings. The second-order valence-corrected chi connectivity index (χ2v) is 6.42. The maximum Gasteiger partial charge on any atom is 0.411 e. The van der Waals surface area contributed by atoms with Crippen molar-refractivity contribution in [3.05, 3.63) is 35.9 Å². The first-order chi connectivity index (χ1) is 12.8. The molecule has 0 spiro atoms. The van der Waals surface area contributed by atoms with Crippen molar-refractivity contribution in [2.45, 2.75) is 44.4 Å². The molecule has 1 aromatic carbocycles. The summed E-state index contributed by atoms with van der Waals surface area (Å²) >= 11 is 0. The summed E-state index contributed by atoms with van der Waals surface area (Å²) < 4.78 is 5.20. The molecule has 27 heavy (non-hydrogen) atoms. The van der Waals surface area contributed by atoms with Gasteiger partial charge in [0.15, 0.2) is 0 Å². The first-order valence-corrected chi connectivity index (χ1v) is 8.45. The number of carboxylic acids is 3. The Morgan fingerprint density at radius 3 is 2.15 bits per heavy atom. The van der Waals surface area contributed by atoms with Crippen LogP contribution in [0, 0.1) is 5.92 Å². The van der Waals surface area contributed by atoms with Crippen LogP contribution in [0.4, 0.5) is 4.79 Å². The number of hydrogen-bond donors (Lipinski definition) is 3. The van der Waals surface area contributed by atoms with E-state index >= 15 is 0 Å². The molecular weight excluding hydrogens is 358 g/mol. The minimum Gasteiger partial charge on any atom is -0.481 e. The number of ether oxygens (including phenoxy) is 1. The van der Waals surface area contributed by atoms with Crippen LogP contribution in [-0.4, -0.2) is 56.3 Å². The van der Waals surface area contributed by atoms with E-state index in [0.717, 1.165) is 4.90 Å². The van der Waals surface area contributed by atoms with Gasteiger partial charge in [-0.2, -0.15) is 0 Å². The van der Waals surface area contributed by atoms with Crippen molar-refractivity contribution in [3.63, 3.8) is 0 Å². The molecule has 0 aliphatic carbocycles. The van der Waals surface area contributed by atoms with Crippen molar-refractivity contribution in [1.29, 1.82) is 0 Å². The lowest BCUT2D eigenvalue weighted by atomic mass is 9.82. The van der Waals surface area contributed by atoms with Gasteiger partial charge in [-0.15, -0.1) is 0 Å². The number of piperidine rings is 1. The second kappa shape index (κ2) is 9.02. The van der Waals surface area contributed by atoms with E-state index in [1.54, 1.807) is 30.3 Å². The lowest BCUT2D eigenvalue weighted by molar-refractivity contribution is -0.152. The smallest absolute Gasteiger partial charge is 0.411 e. The third-order valence-electron chi connectivity index (χ3n) is 4.53. The molecule has 1 aromatic rings. The Hall–Kier alpha value is -3.10. The average molecular weight is 379 g/mol. The Bertz CT molecular complexity index is 705. The number of rotatable bonds is 7. The summed E-state index contributed by atoms with van der Waals surface area (Å²) in [5.74, 6) is -4.57. The number of amides is 1. The highest BCUT2D eigenvalue weighted by molar-refractivity contribution is 5.82. The van der Waals surface area contributed by atoms with Gasteiger partial charge in [0.05, 0.1) is 12.8 Å². The Kier molecular flexibility index (Phi) is 6.75. The van der Waals surface area contributed by atoms with Gasteiger partial charge >= 0.3 is 24.0 Å². The van der Waals surface area contributed by atoms with Crippen LogP contribution in [0.25, 0.3) is 0 Å². The number of carboxylic acid groups (broad SMARTS) is 3. The molecule has 9 nitrogen and oxygen atoms in total. The minimum atomic E-state index is -1.46. The molecule has 0 radical (unpaired) electrons. The van der Waals surface area contributed by atoms with Crippen LogP contribution in [0.2, 0.25) is 0 Å². The number of carbonyl (C=O) groups excluding carboxylic acids is 1. The number of hydrogen-bond acceptors (Lipinski definition) is 5. The van der Waals surface area contributed by atoms with E-state index in [4.69, 9.17) is 14.9 Å². The molecule has 1 amide bonds. The van der Waals surface area contributed by atoms with E-state index in [1.807, 2.05) is 0 Å². The van der Waals surface area contributed by atoms with Crippen molar-refractivity contribution in [1.82, 2.24) is 4.90 Å². The minimum absolute atomic E-state index is 0.105. The lowest BCUT2D eigenvalue weighted by Gasteiger charge is -2.42. The Morgan fingerprint density at radius 2 is 1.59 bits per heavy atom. The van der Waals surface area contributed by atoms with E-state index < -0.39 is 54.8 Å². The van der Waals surface area contributed by atoms with Crippen molar-refractivity contribution >= 4 is 24.0 Å². The molecule has 1 fully saturated rings. The van der Waals surface area contributed by atoms with Gasteiger partial charge in [0, 0.05) is 12.0 Å². The normalized spacial score (nSPS) is 22.1. The van der Waals surface area contributed by atoms with Gasteiger partial charge < -0.3 is 20.1 Å². The van der Waals surface area contributed by atoms with Gasteiger partial charge in [-0.25, -0.2) is 9.59 Å². The van der Waals surface area contributed by atoms with Crippen molar-refractivity contribution in [3.8, 4) is 0 Å². The Morgan fingerprint density at radius 1 is 0.963 bits per heavy atom. The quantitative estimate of drug-likeness (QED) is 0.651. The van der Waals surface area contributed by atoms with Crippen LogP contribution in [-0.2, 0) is 25.7 Å². The largest absolute Gasteiger partial charge is 0.481 e. The maximum absolute atomic E-state index is 12.6. The van der Waals surface area contributed by atoms with Gasteiger partial charge in [-0.3, -0.25) is 14.5 Å². The topological polar surface area (TPSA) is 141 Å². The van der Waals surface area contributed by atoms with Crippen LogP contribution in [0.1, 0.15) is 31.2 Å². The molecule has 0 bridgehead atoms. The molecular formula is C18H21NO8. The lowest BCUT2D eigenvalue weighted by Crippen LogP contribution is -2.58. The molecule has 1 heterocycles. The fourth-order valence-electron chi connectivity index (χ4n) is 3.37. The van der Waals surface area contributed by atoms with E-state index in [-0.39, 0.29) is 19.4 Å². The summed E-state index contributed by atoms with van der Waals surface area (Å²) in [5, 5.41) is 27.7. The molecule has 146 valence electrons. The summed E-state index contributed by atoms with van der Waals surface area (Å²) in [6.07, 6.45) is -1.45. The molecule has 2 rings (SSSR count). The number of likely N-dealkylation sites (tertiary alicyclic amines) is 1. The first kappa shape index (κ1) is 20.2. The molecule has 0 saturated carbocycles. The van der Waals surface area contributed by atoms with Gasteiger partial charge in [-0.05, 0) is 18.4 Å². The van der Waals surface area contributed by atoms with Crippen LogP contribution in [0.3, 0.4) is 0 Å². The van der Waals surface area contributed by atoms with Crippen LogP contribution in [0.15, 0.2) is 30.3 Å². The maximum atomic E-state index is 12.6. The summed E-state index contributed by atoms with van der Waals surface area (Å²) in [6, 6.07) is 6.40. The summed E-state index contributed by atoms with van der Waals surface area (Å²) in [7, 11) is 0. The zero-order chi connectivity index (χ0) is 20.0. The predicted octanol–water partition coefficient (Wildman–Crippen LogP) is 1.81. The molecule has 3 atom stereocenters. The van der Waals surface area contributed by atoms with Crippen molar-refractivity contribution in [2.24, 2.45) is 5.92 Å². The highest BCUT2D eigenvalue weighted by Crippen LogP contribution is 2.33. The highest BCUT2D eigenvalue weighted by Gasteiger charge is 2.46. The zero-order valence-electron chi connectivity index (χ0n) is 14.5. The second-order valence-electron chi connectivity index (χ2n) is 6.42. The SMILES string of the molecule is O=C(O)C[C@H]1CC[C@@H](CC(=O)O)N(C(=O)OCc2ccccc2)[C@@H]1C(=O)O. The van der Waals surface area contributed by atoms with Crippen LogP contribution < -0.4 is 0 Å².